The van der Waals surface area contributed by atoms with Crippen LogP contribution in [0.15, 0.2) is 22.6 Å². The Labute approximate surface area is 105 Å². The first-order valence-corrected chi connectivity index (χ1v) is 7.42. The average molecular weight is 269 g/mol. The van der Waals surface area contributed by atoms with E-state index >= 15 is 0 Å². The van der Waals surface area contributed by atoms with Gasteiger partial charge in [0.15, 0.2) is 15.4 Å². The van der Waals surface area contributed by atoms with Gasteiger partial charge in [-0.1, -0.05) is 6.92 Å². The Morgan fingerprint density at radius 3 is 2.94 bits per heavy atom. The summed E-state index contributed by atoms with van der Waals surface area (Å²) in [7, 11) is -2.98. The van der Waals surface area contributed by atoms with E-state index in [2.05, 4.69) is 10.3 Å². The number of nitrogens with zero attached hydrogens (tertiary/aromatic N) is 1. The van der Waals surface area contributed by atoms with Crippen molar-refractivity contribution in [2.24, 2.45) is 0 Å². The van der Waals surface area contributed by atoms with Crippen molar-refractivity contribution in [2.45, 2.75) is 6.92 Å². The molecule has 0 bridgehead atoms. The summed E-state index contributed by atoms with van der Waals surface area (Å²) in [5.74, 6) is 0.198. The van der Waals surface area contributed by atoms with Gasteiger partial charge in [0.2, 0.25) is 0 Å². The third-order valence-electron chi connectivity index (χ3n) is 2.54. The maximum atomic E-state index is 11.3. The molecule has 0 aliphatic carbocycles. The van der Waals surface area contributed by atoms with E-state index in [-0.39, 0.29) is 18.1 Å². The normalized spacial score (nSPS) is 11.8. The van der Waals surface area contributed by atoms with Crippen molar-refractivity contribution in [1.29, 1.82) is 0 Å². The first-order chi connectivity index (χ1) is 8.50. The van der Waals surface area contributed by atoms with Crippen molar-refractivity contribution in [3.05, 3.63) is 18.2 Å². The van der Waals surface area contributed by atoms with Crippen molar-refractivity contribution < 1.29 is 12.8 Å². The van der Waals surface area contributed by atoms with Gasteiger partial charge in [0.1, 0.15) is 5.52 Å². The Bertz CT molecular complexity index is 649. The zero-order valence-electron chi connectivity index (χ0n) is 10.0. The fraction of sp³-hybridized carbons (Fsp3) is 0.364. The van der Waals surface area contributed by atoms with E-state index in [0.29, 0.717) is 22.8 Å². The molecule has 0 atom stereocenters. The molecule has 18 heavy (non-hydrogen) atoms. The van der Waals surface area contributed by atoms with Crippen LogP contribution in [0, 0.1) is 0 Å². The van der Waals surface area contributed by atoms with Crippen molar-refractivity contribution in [2.75, 3.05) is 29.1 Å². The average Bonchev–Trinajstić information content (AvgIpc) is 2.70. The van der Waals surface area contributed by atoms with Gasteiger partial charge in [-0.3, -0.25) is 0 Å². The van der Waals surface area contributed by atoms with E-state index in [1.165, 1.54) is 0 Å². The number of nitrogens with two attached hydrogens (primary N) is 1. The molecule has 0 saturated heterocycles. The number of aromatic nitrogens is 1. The third-order valence-corrected chi connectivity index (χ3v) is 4.25. The number of sulfone groups is 1. The maximum absolute atomic E-state index is 11.3. The lowest BCUT2D eigenvalue weighted by Gasteiger charge is -2.01. The molecule has 0 aliphatic rings. The minimum absolute atomic E-state index is 0.0599. The van der Waals surface area contributed by atoms with Crippen LogP contribution in [-0.4, -0.2) is 31.5 Å². The molecule has 0 amide bonds. The highest BCUT2D eigenvalue weighted by molar-refractivity contribution is 7.91. The van der Waals surface area contributed by atoms with Crippen LogP contribution >= 0.6 is 0 Å². The molecule has 0 aliphatic heterocycles. The highest BCUT2D eigenvalue weighted by Gasteiger charge is 2.09. The number of oxazole rings is 1. The van der Waals surface area contributed by atoms with Crippen molar-refractivity contribution >= 4 is 32.6 Å². The van der Waals surface area contributed by atoms with Gasteiger partial charge in [0.25, 0.3) is 6.01 Å². The van der Waals surface area contributed by atoms with Crippen LogP contribution in [0.25, 0.3) is 11.1 Å². The van der Waals surface area contributed by atoms with E-state index < -0.39 is 9.84 Å². The lowest BCUT2D eigenvalue weighted by molar-refractivity contribution is 0.595. The number of benzene rings is 1. The smallest absolute Gasteiger partial charge is 0.295 e. The summed E-state index contributed by atoms with van der Waals surface area (Å²) in [5.41, 5.74) is 7.50. The minimum atomic E-state index is -2.98. The standard InChI is InChI=1S/C11H15N3O3S/c1-2-18(15,16)6-5-13-11-14-9-7-8(12)3-4-10(9)17-11/h3-4,7H,2,5-6,12H2,1H3,(H,13,14). The number of nitrogens with one attached hydrogen (secondary N) is 1. The van der Waals surface area contributed by atoms with Gasteiger partial charge >= 0.3 is 0 Å². The highest BCUT2D eigenvalue weighted by Crippen LogP contribution is 2.20. The quantitative estimate of drug-likeness (QED) is 0.793. The molecular weight excluding hydrogens is 254 g/mol. The first kappa shape index (κ1) is 12.7. The van der Waals surface area contributed by atoms with Crippen molar-refractivity contribution in [1.82, 2.24) is 4.98 Å². The summed E-state index contributed by atoms with van der Waals surface area (Å²) in [4.78, 5) is 4.17. The fourth-order valence-corrected chi connectivity index (χ4v) is 2.18. The molecule has 2 rings (SSSR count). The second-order valence-electron chi connectivity index (χ2n) is 3.91. The summed E-state index contributed by atoms with van der Waals surface area (Å²) in [6, 6.07) is 5.46. The van der Waals surface area contributed by atoms with Gasteiger partial charge in [-0.25, -0.2) is 8.42 Å². The number of hydrogen-bond acceptors (Lipinski definition) is 6. The van der Waals surface area contributed by atoms with Gasteiger partial charge in [-0.15, -0.1) is 0 Å². The molecule has 0 radical (unpaired) electrons. The summed E-state index contributed by atoms with van der Waals surface area (Å²) in [5, 5.41) is 2.85. The molecule has 2 aromatic rings. The fourth-order valence-electron chi connectivity index (χ4n) is 1.48. The predicted octanol–water partition coefficient (Wildman–Crippen LogP) is 1.26. The Morgan fingerprint density at radius 2 is 2.22 bits per heavy atom. The lowest BCUT2D eigenvalue weighted by Crippen LogP contribution is -2.17. The second kappa shape index (κ2) is 4.85. The number of rotatable bonds is 5. The molecule has 1 aromatic carbocycles. The summed E-state index contributed by atoms with van der Waals surface area (Å²) >= 11 is 0. The molecule has 0 unspecified atom stereocenters. The van der Waals surface area contributed by atoms with Crippen LogP contribution in [0.4, 0.5) is 11.7 Å². The number of anilines is 2. The van der Waals surface area contributed by atoms with Gasteiger partial charge in [-0.05, 0) is 18.2 Å². The maximum Gasteiger partial charge on any atom is 0.295 e. The molecule has 1 aromatic heterocycles. The molecule has 0 fully saturated rings. The van der Waals surface area contributed by atoms with Gasteiger partial charge < -0.3 is 15.5 Å². The van der Waals surface area contributed by atoms with Crippen molar-refractivity contribution in [3.8, 4) is 0 Å². The zero-order valence-corrected chi connectivity index (χ0v) is 10.8. The number of hydrogen-bond donors (Lipinski definition) is 2. The zero-order chi connectivity index (χ0) is 13.2. The lowest BCUT2D eigenvalue weighted by atomic mass is 10.3. The van der Waals surface area contributed by atoms with Crippen LogP contribution in [-0.2, 0) is 9.84 Å². The molecule has 7 heteroatoms. The molecule has 3 N–H and O–H groups in total. The Balaban J connectivity index is 2.04. The van der Waals surface area contributed by atoms with E-state index in [0.717, 1.165) is 0 Å². The minimum Gasteiger partial charge on any atom is -0.424 e. The molecule has 0 spiro atoms. The summed E-state index contributed by atoms with van der Waals surface area (Å²) < 4.78 is 28.0. The third kappa shape index (κ3) is 2.92. The topological polar surface area (TPSA) is 98.2 Å². The van der Waals surface area contributed by atoms with Gasteiger partial charge in [-0.2, -0.15) is 4.98 Å². The van der Waals surface area contributed by atoms with E-state index in [9.17, 15) is 8.42 Å². The van der Waals surface area contributed by atoms with Crippen LogP contribution in [0.1, 0.15) is 6.92 Å². The summed E-state index contributed by atoms with van der Waals surface area (Å²) in [6.07, 6.45) is 0. The monoisotopic (exact) mass is 269 g/mol. The van der Waals surface area contributed by atoms with Crippen LogP contribution in [0.5, 0.6) is 0 Å². The van der Waals surface area contributed by atoms with Crippen molar-refractivity contribution in [3.63, 3.8) is 0 Å². The molecular formula is C11H15N3O3S. The largest absolute Gasteiger partial charge is 0.424 e. The highest BCUT2D eigenvalue weighted by atomic mass is 32.2. The van der Waals surface area contributed by atoms with Crippen LogP contribution in [0.3, 0.4) is 0 Å². The van der Waals surface area contributed by atoms with Gasteiger partial charge in [0.05, 0.1) is 5.75 Å². The number of nitrogen functional groups attached to an aromatic ring is 1. The van der Waals surface area contributed by atoms with E-state index in [1.807, 2.05) is 0 Å². The van der Waals surface area contributed by atoms with Crippen LogP contribution in [0.2, 0.25) is 0 Å². The Kier molecular flexibility index (Phi) is 3.42. The Hall–Kier alpha value is -1.76. The number of fused-ring (bicyclic) bond motifs is 1. The Morgan fingerprint density at radius 1 is 1.44 bits per heavy atom. The predicted molar refractivity (Wildman–Crippen MR) is 71.2 cm³/mol. The molecule has 0 saturated carbocycles. The van der Waals surface area contributed by atoms with E-state index in [4.69, 9.17) is 10.2 Å². The summed E-state index contributed by atoms with van der Waals surface area (Å²) in [6.45, 7) is 1.90. The van der Waals surface area contributed by atoms with E-state index in [1.54, 1.807) is 25.1 Å². The second-order valence-corrected chi connectivity index (χ2v) is 6.38. The SMILES string of the molecule is CCS(=O)(=O)CCNc1nc2cc(N)ccc2o1. The molecule has 98 valence electrons. The first-order valence-electron chi connectivity index (χ1n) is 5.60. The molecule has 1 heterocycles. The van der Waals surface area contributed by atoms with Gasteiger partial charge in [0, 0.05) is 18.0 Å². The van der Waals surface area contributed by atoms with Crippen LogP contribution < -0.4 is 11.1 Å². The molecule has 6 nitrogen and oxygen atoms in total.